The number of aromatic nitrogens is 1. The highest BCUT2D eigenvalue weighted by molar-refractivity contribution is 5.99. The first kappa shape index (κ1) is 26.6. The maximum absolute atomic E-state index is 13.0. The van der Waals surface area contributed by atoms with Crippen molar-refractivity contribution in [2.24, 2.45) is 0 Å². The molecule has 1 unspecified atom stereocenters. The average Bonchev–Trinajstić information content (AvgIpc) is 3.17. The van der Waals surface area contributed by atoms with E-state index in [1.165, 1.54) is 0 Å². The number of hydrogen-bond acceptors (Lipinski definition) is 6. The van der Waals surface area contributed by atoms with Crippen molar-refractivity contribution in [2.45, 2.75) is 51.2 Å². The number of carboxylic acids is 1. The molecular formula is C26H27F3N2O6. The number of benzene rings is 1. The molecule has 4 heterocycles. The molecule has 1 atom stereocenters. The summed E-state index contributed by atoms with van der Waals surface area (Å²) in [5, 5.41) is 8.11. The van der Waals surface area contributed by atoms with Crippen molar-refractivity contribution < 1.29 is 41.8 Å². The number of carbonyl (C=O) groups excluding carboxylic acids is 1. The Morgan fingerprint density at radius 1 is 1.16 bits per heavy atom. The van der Waals surface area contributed by atoms with Gasteiger partial charge in [0.05, 0.1) is 31.5 Å². The lowest BCUT2D eigenvalue weighted by Crippen LogP contribution is -2.67. The van der Waals surface area contributed by atoms with Gasteiger partial charge in [0, 0.05) is 29.7 Å². The molecule has 11 heteroatoms. The van der Waals surface area contributed by atoms with Gasteiger partial charge < -0.3 is 23.9 Å². The zero-order chi connectivity index (χ0) is 26.8. The summed E-state index contributed by atoms with van der Waals surface area (Å²) in [6.45, 7) is 6.22. The van der Waals surface area contributed by atoms with E-state index in [9.17, 15) is 18.0 Å². The van der Waals surface area contributed by atoms with Crippen LogP contribution in [0.4, 0.5) is 13.2 Å². The van der Waals surface area contributed by atoms with Gasteiger partial charge >= 0.3 is 12.1 Å². The Bertz CT molecular complexity index is 1280. The predicted molar refractivity (Wildman–Crippen MR) is 126 cm³/mol. The highest BCUT2D eigenvalue weighted by Gasteiger charge is 2.50. The molecule has 1 amide bonds. The second kappa shape index (κ2) is 10.5. The molecule has 2 aromatic heterocycles. The highest BCUT2D eigenvalue weighted by atomic mass is 19.4. The lowest BCUT2D eigenvalue weighted by Gasteiger charge is -2.52. The van der Waals surface area contributed by atoms with E-state index in [1.54, 1.807) is 0 Å². The van der Waals surface area contributed by atoms with Crippen LogP contribution in [0.3, 0.4) is 0 Å². The van der Waals surface area contributed by atoms with E-state index in [0.29, 0.717) is 32.1 Å². The fourth-order valence-corrected chi connectivity index (χ4v) is 4.54. The summed E-state index contributed by atoms with van der Waals surface area (Å²) in [5.74, 6) is -2.39. The number of alkyl halides is 3. The normalized spacial score (nSPS) is 18.7. The van der Waals surface area contributed by atoms with Gasteiger partial charge in [-0.25, -0.2) is 4.79 Å². The number of halogens is 3. The molecule has 1 spiro atoms. The lowest BCUT2D eigenvalue weighted by atomic mass is 9.84. The summed E-state index contributed by atoms with van der Waals surface area (Å²) in [5.41, 5.74) is 3.28. The van der Waals surface area contributed by atoms with Crippen molar-refractivity contribution in [3.8, 4) is 0 Å². The van der Waals surface area contributed by atoms with Crippen LogP contribution < -0.4 is 0 Å². The van der Waals surface area contributed by atoms with Crippen LogP contribution in [0.15, 0.2) is 46.9 Å². The Hall–Kier alpha value is -3.44. The Morgan fingerprint density at radius 2 is 1.86 bits per heavy atom. The van der Waals surface area contributed by atoms with Gasteiger partial charge in [-0.3, -0.25) is 9.78 Å². The molecule has 0 saturated carbocycles. The van der Waals surface area contributed by atoms with Gasteiger partial charge in [-0.1, -0.05) is 24.3 Å². The number of para-hydroxylation sites is 1. The van der Waals surface area contributed by atoms with Gasteiger partial charge in [-0.2, -0.15) is 13.2 Å². The van der Waals surface area contributed by atoms with Gasteiger partial charge in [-0.15, -0.1) is 0 Å². The van der Waals surface area contributed by atoms with E-state index in [0.717, 1.165) is 40.8 Å². The van der Waals surface area contributed by atoms with Crippen LogP contribution in [0.1, 0.15) is 40.3 Å². The first-order valence-electron chi connectivity index (χ1n) is 11.7. The number of likely N-dealkylation sites (tertiary alicyclic amines) is 1. The molecule has 0 radical (unpaired) electrons. The third-order valence-electron chi connectivity index (χ3n) is 6.39. The maximum Gasteiger partial charge on any atom is 0.490 e. The molecule has 0 bridgehead atoms. The van der Waals surface area contributed by atoms with Crippen LogP contribution in [-0.2, 0) is 20.9 Å². The van der Waals surface area contributed by atoms with Gasteiger partial charge in [-0.05, 0) is 38.5 Å². The Labute approximate surface area is 211 Å². The van der Waals surface area contributed by atoms with Crippen LogP contribution in [-0.4, -0.2) is 64.4 Å². The van der Waals surface area contributed by atoms with E-state index in [4.69, 9.17) is 23.8 Å². The molecule has 2 aliphatic rings. The van der Waals surface area contributed by atoms with Crippen molar-refractivity contribution in [2.75, 3.05) is 19.7 Å². The summed E-state index contributed by atoms with van der Waals surface area (Å²) >= 11 is 0. The van der Waals surface area contributed by atoms with Crippen molar-refractivity contribution in [1.29, 1.82) is 0 Å². The molecule has 37 heavy (non-hydrogen) atoms. The molecule has 5 rings (SSSR count). The third kappa shape index (κ3) is 6.11. The minimum atomic E-state index is -5.08. The minimum Gasteiger partial charge on any atom is -0.475 e. The van der Waals surface area contributed by atoms with Gasteiger partial charge in [0.2, 0.25) is 0 Å². The first-order chi connectivity index (χ1) is 17.5. The fraction of sp³-hybridized carbons (Fsp3) is 0.423. The van der Waals surface area contributed by atoms with Gasteiger partial charge in [0.1, 0.15) is 11.2 Å². The van der Waals surface area contributed by atoms with E-state index >= 15 is 0 Å². The van der Waals surface area contributed by atoms with Crippen molar-refractivity contribution >= 4 is 22.8 Å². The largest absolute Gasteiger partial charge is 0.490 e. The topological polar surface area (TPSA) is 102 Å². The Balaban J connectivity index is 0.000000405. The summed E-state index contributed by atoms with van der Waals surface area (Å²) in [6, 6.07) is 13.7. The van der Waals surface area contributed by atoms with E-state index < -0.39 is 12.1 Å². The predicted octanol–water partition coefficient (Wildman–Crippen LogP) is 4.67. The molecule has 2 saturated heterocycles. The summed E-state index contributed by atoms with van der Waals surface area (Å²) in [6.07, 6.45) is -3.31. The van der Waals surface area contributed by atoms with Crippen LogP contribution in [0.2, 0.25) is 0 Å². The number of ether oxygens (including phenoxy) is 2. The fourth-order valence-electron chi connectivity index (χ4n) is 4.54. The van der Waals surface area contributed by atoms with Crippen LogP contribution in [0.25, 0.3) is 11.0 Å². The van der Waals surface area contributed by atoms with Crippen LogP contribution in [0, 0.1) is 13.8 Å². The van der Waals surface area contributed by atoms with Crippen molar-refractivity contribution in [1.82, 2.24) is 9.88 Å². The van der Waals surface area contributed by atoms with E-state index in [1.807, 2.05) is 61.2 Å². The number of pyridine rings is 1. The van der Waals surface area contributed by atoms with Gasteiger partial charge in [0.15, 0.2) is 5.76 Å². The second-order valence-corrected chi connectivity index (χ2v) is 9.24. The van der Waals surface area contributed by atoms with E-state index in [2.05, 4.69) is 4.98 Å². The molecular weight excluding hydrogens is 493 g/mol. The van der Waals surface area contributed by atoms with Crippen molar-refractivity contribution in [3.05, 3.63) is 65.2 Å². The molecule has 198 valence electrons. The zero-order valence-corrected chi connectivity index (χ0v) is 20.4. The summed E-state index contributed by atoms with van der Waals surface area (Å²) in [7, 11) is 0. The number of aliphatic carboxylic acids is 1. The molecule has 0 aliphatic carbocycles. The smallest absolute Gasteiger partial charge is 0.475 e. The number of nitrogens with zero attached hydrogens (tertiary/aromatic N) is 2. The van der Waals surface area contributed by atoms with Crippen LogP contribution >= 0.6 is 0 Å². The SMILES string of the molecule is Cc1cccc(COC2CCOC3(C2)CN(C(=O)c2oc4ccccc4c2C)C3)n1.O=C(O)C(F)(F)F. The number of amides is 1. The molecule has 8 nitrogen and oxygen atoms in total. The monoisotopic (exact) mass is 520 g/mol. The quantitative estimate of drug-likeness (QED) is 0.534. The lowest BCUT2D eigenvalue weighted by molar-refractivity contribution is -0.192. The second-order valence-electron chi connectivity index (χ2n) is 9.24. The average molecular weight is 521 g/mol. The molecule has 1 N–H and O–H groups in total. The molecule has 2 fully saturated rings. The third-order valence-corrected chi connectivity index (χ3v) is 6.39. The zero-order valence-electron chi connectivity index (χ0n) is 20.4. The minimum absolute atomic E-state index is 0.0649. The van der Waals surface area contributed by atoms with Crippen molar-refractivity contribution in [3.63, 3.8) is 0 Å². The van der Waals surface area contributed by atoms with Gasteiger partial charge in [0.25, 0.3) is 5.91 Å². The number of fused-ring (bicyclic) bond motifs is 1. The summed E-state index contributed by atoms with van der Waals surface area (Å²) in [4.78, 5) is 28.2. The highest BCUT2D eigenvalue weighted by Crippen LogP contribution is 2.37. The van der Waals surface area contributed by atoms with E-state index in [-0.39, 0.29) is 17.6 Å². The summed E-state index contributed by atoms with van der Waals surface area (Å²) < 4.78 is 49.8. The number of carboxylic acid groups (broad SMARTS) is 1. The number of aryl methyl sites for hydroxylation is 2. The first-order valence-corrected chi connectivity index (χ1v) is 11.7. The number of hydrogen-bond donors (Lipinski definition) is 1. The molecule has 2 aliphatic heterocycles. The standard InChI is InChI=1S/C24H26N2O4.C2HF3O2/c1-16-6-5-7-18(25-16)13-28-19-10-11-29-24(12-19)14-26(15-24)23(27)22-17(2)20-8-3-4-9-21(20)30-22;3-2(4,5)1(6)7/h3-9,19H,10-15H2,1-2H3;(H,6,7). The number of furan rings is 1. The molecule has 1 aromatic carbocycles. The number of carbonyl (C=O) groups is 2. The molecule has 3 aromatic rings. The maximum atomic E-state index is 13.0. The Kier molecular flexibility index (Phi) is 7.56. The number of rotatable bonds is 4. The van der Waals surface area contributed by atoms with Crippen LogP contribution in [0.5, 0.6) is 0 Å². The Morgan fingerprint density at radius 3 is 2.51 bits per heavy atom.